The fourth-order valence-electron chi connectivity index (χ4n) is 2.17. The molecule has 1 rings (SSSR count). The monoisotopic (exact) mass is 565 g/mol. The molecule has 1 heterocycles. The van der Waals surface area contributed by atoms with Crippen molar-refractivity contribution in [3.63, 3.8) is 0 Å². The Labute approximate surface area is 198 Å². The van der Waals surface area contributed by atoms with Gasteiger partial charge in [-0.15, -0.1) is 0 Å². The molecule has 1 aliphatic rings. The first kappa shape index (κ1) is 26.4. The minimum Gasteiger partial charge on any atom is -0.475 e. The Bertz CT molecular complexity index is 539. The minimum absolute atomic E-state index is 0.164. The molecular weight excluding hydrogens is 547 g/mol. The molecule has 0 saturated heterocycles. The summed E-state index contributed by atoms with van der Waals surface area (Å²) < 4.78 is 13.7. The predicted octanol–water partition coefficient (Wildman–Crippen LogP) is 6.79. The van der Waals surface area contributed by atoms with E-state index in [-0.39, 0.29) is 18.8 Å². The fourth-order valence-corrected chi connectivity index (χ4v) is 2.89. The van der Waals surface area contributed by atoms with E-state index in [4.69, 9.17) is 83.8 Å². The van der Waals surface area contributed by atoms with Crippen molar-refractivity contribution in [2.24, 2.45) is 4.99 Å². The number of halogens is 7. The van der Waals surface area contributed by atoms with Gasteiger partial charge in [-0.05, 0) is 27.2 Å². The molecule has 158 valence electrons. The summed E-state index contributed by atoms with van der Waals surface area (Å²) in [5.74, 6) is 0.624. The van der Waals surface area contributed by atoms with Gasteiger partial charge in [0.1, 0.15) is 6.61 Å². The van der Waals surface area contributed by atoms with Crippen LogP contribution in [-0.4, -0.2) is 50.5 Å². The smallest absolute Gasteiger partial charge is 0.213 e. The summed E-state index contributed by atoms with van der Waals surface area (Å²) in [4.78, 5) is 4.65. The molecule has 0 aliphatic carbocycles. The van der Waals surface area contributed by atoms with E-state index in [9.17, 15) is 0 Å². The number of hydrogen-bond donors (Lipinski definition) is 0. The van der Waals surface area contributed by atoms with Gasteiger partial charge in [-0.2, -0.15) is 0 Å². The molecule has 0 bridgehead atoms. The first-order valence-corrected chi connectivity index (χ1v) is 11.5. The van der Waals surface area contributed by atoms with Crippen molar-refractivity contribution in [1.82, 2.24) is 0 Å². The molecule has 0 atom stereocenters. The van der Waals surface area contributed by atoms with Crippen molar-refractivity contribution in [3.8, 4) is 0 Å². The zero-order valence-electron chi connectivity index (χ0n) is 15.1. The maximum absolute atomic E-state index is 5.78. The van der Waals surface area contributed by atoms with E-state index in [1.807, 2.05) is 20.8 Å². The number of hydrogen-bond acceptors (Lipinski definition) is 4. The molecule has 0 amide bonds. The Kier molecular flexibility index (Phi) is 10.9. The predicted molar refractivity (Wildman–Crippen MR) is 119 cm³/mol. The summed E-state index contributed by atoms with van der Waals surface area (Å²) in [7, 11) is 0. The van der Waals surface area contributed by atoms with Crippen LogP contribution in [0, 0.1) is 0 Å². The summed E-state index contributed by atoms with van der Waals surface area (Å²) in [5.41, 5.74) is 1.80. The summed E-state index contributed by atoms with van der Waals surface area (Å²) in [5, 5.41) is 0.680. The van der Waals surface area contributed by atoms with Gasteiger partial charge in [0.2, 0.25) is 13.5 Å². The van der Waals surface area contributed by atoms with Crippen molar-refractivity contribution in [1.29, 1.82) is 0 Å². The molecule has 0 unspecified atom stereocenters. The topological polar surface area (TPSA) is 40.0 Å². The van der Waals surface area contributed by atoms with E-state index in [1.165, 1.54) is 0 Å². The molecule has 0 aromatic rings. The number of aliphatic imine (C=N–C) groups is 1. The standard InChI is InChI=1S/C16H22BrCl6NO3/c1-10(6-17)11(13-24-14(2,3)7-27-13)4-5-12(25-8-15(18,19)20)26-9-16(21,22)23/h12H,4-9H2,1-3H3. The highest BCUT2D eigenvalue weighted by Crippen LogP contribution is 2.31. The van der Waals surface area contributed by atoms with Crippen LogP contribution in [0.15, 0.2) is 16.1 Å². The highest BCUT2D eigenvalue weighted by atomic mass is 79.9. The third-order valence-corrected chi connectivity index (χ3v) is 4.93. The van der Waals surface area contributed by atoms with Crippen LogP contribution in [0.3, 0.4) is 0 Å². The molecular formula is C16H22BrCl6NO3. The molecule has 0 spiro atoms. The van der Waals surface area contributed by atoms with Gasteiger partial charge in [-0.3, -0.25) is 0 Å². The van der Waals surface area contributed by atoms with E-state index < -0.39 is 13.9 Å². The van der Waals surface area contributed by atoms with Gasteiger partial charge in [-0.1, -0.05) is 91.1 Å². The van der Waals surface area contributed by atoms with Crippen molar-refractivity contribution < 1.29 is 14.2 Å². The van der Waals surface area contributed by atoms with Crippen LogP contribution in [0.4, 0.5) is 0 Å². The SMILES string of the molecule is CC(CBr)=C(CCC(OCC(Cl)(Cl)Cl)OCC(Cl)(Cl)Cl)C1=NC(C)(C)CO1. The Morgan fingerprint density at radius 3 is 2.04 bits per heavy atom. The zero-order valence-corrected chi connectivity index (χ0v) is 21.3. The minimum atomic E-state index is -1.57. The van der Waals surface area contributed by atoms with Gasteiger partial charge < -0.3 is 14.2 Å². The highest BCUT2D eigenvalue weighted by Gasteiger charge is 2.30. The van der Waals surface area contributed by atoms with Crippen LogP contribution in [-0.2, 0) is 14.2 Å². The number of nitrogens with zero attached hydrogens (tertiary/aromatic N) is 1. The van der Waals surface area contributed by atoms with Crippen LogP contribution < -0.4 is 0 Å². The lowest BCUT2D eigenvalue weighted by molar-refractivity contribution is -0.143. The van der Waals surface area contributed by atoms with E-state index in [2.05, 4.69) is 20.9 Å². The second kappa shape index (κ2) is 11.1. The lowest BCUT2D eigenvalue weighted by atomic mass is 10.0. The largest absolute Gasteiger partial charge is 0.475 e. The third kappa shape index (κ3) is 11.4. The van der Waals surface area contributed by atoms with Crippen molar-refractivity contribution in [2.45, 2.75) is 53.0 Å². The van der Waals surface area contributed by atoms with Crippen LogP contribution >= 0.6 is 85.5 Å². The summed E-state index contributed by atoms with van der Waals surface area (Å²) >= 11 is 38.0. The average molecular weight is 569 g/mol. The lowest BCUT2D eigenvalue weighted by Gasteiger charge is -2.23. The zero-order chi connectivity index (χ0) is 20.9. The molecule has 0 saturated carbocycles. The Morgan fingerprint density at radius 2 is 1.67 bits per heavy atom. The number of allylic oxidation sites excluding steroid dienone is 1. The van der Waals surface area contributed by atoms with Gasteiger partial charge in [0.25, 0.3) is 0 Å². The molecule has 11 heteroatoms. The van der Waals surface area contributed by atoms with Gasteiger partial charge in [-0.25, -0.2) is 4.99 Å². The number of alkyl halides is 7. The van der Waals surface area contributed by atoms with E-state index in [1.54, 1.807) is 0 Å². The Morgan fingerprint density at radius 1 is 1.15 bits per heavy atom. The second-order valence-electron chi connectivity index (χ2n) is 6.73. The van der Waals surface area contributed by atoms with E-state index >= 15 is 0 Å². The van der Waals surface area contributed by atoms with Crippen LogP contribution in [0.1, 0.15) is 33.6 Å². The van der Waals surface area contributed by atoms with Crippen molar-refractivity contribution >= 4 is 91.4 Å². The van der Waals surface area contributed by atoms with E-state index in [0.717, 1.165) is 11.1 Å². The molecule has 0 aromatic carbocycles. The number of rotatable bonds is 9. The maximum atomic E-state index is 5.78. The summed E-state index contributed by atoms with van der Waals surface area (Å²) in [6.45, 7) is 6.22. The third-order valence-electron chi connectivity index (χ3n) is 3.44. The molecule has 0 radical (unpaired) electrons. The van der Waals surface area contributed by atoms with Crippen LogP contribution in [0.5, 0.6) is 0 Å². The highest BCUT2D eigenvalue weighted by molar-refractivity contribution is 9.09. The van der Waals surface area contributed by atoms with Crippen molar-refractivity contribution in [3.05, 3.63) is 11.1 Å². The van der Waals surface area contributed by atoms with Gasteiger partial charge in [0.15, 0.2) is 6.29 Å². The molecule has 4 nitrogen and oxygen atoms in total. The van der Waals surface area contributed by atoms with E-state index in [0.29, 0.717) is 30.7 Å². The Hall–Kier alpha value is 1.35. The molecule has 27 heavy (non-hydrogen) atoms. The number of ether oxygens (including phenoxy) is 3. The van der Waals surface area contributed by atoms with Crippen LogP contribution in [0.2, 0.25) is 0 Å². The normalized spacial score (nSPS) is 18.4. The average Bonchev–Trinajstić information content (AvgIpc) is 2.87. The lowest BCUT2D eigenvalue weighted by Crippen LogP contribution is -2.27. The first-order valence-electron chi connectivity index (χ1n) is 8.07. The van der Waals surface area contributed by atoms with Crippen LogP contribution in [0.25, 0.3) is 0 Å². The second-order valence-corrected chi connectivity index (χ2v) is 12.3. The first-order chi connectivity index (χ1) is 12.2. The van der Waals surface area contributed by atoms with Gasteiger partial charge >= 0.3 is 0 Å². The molecule has 0 N–H and O–H groups in total. The maximum Gasteiger partial charge on any atom is 0.213 e. The van der Waals surface area contributed by atoms with Gasteiger partial charge in [0.05, 0.1) is 18.8 Å². The molecule has 0 fully saturated rings. The Balaban J connectivity index is 2.84. The quantitative estimate of drug-likeness (QED) is 0.227. The van der Waals surface area contributed by atoms with Gasteiger partial charge in [0, 0.05) is 17.3 Å². The fraction of sp³-hybridized carbons (Fsp3) is 0.812. The molecule has 0 aromatic heterocycles. The molecule has 1 aliphatic heterocycles. The summed E-state index contributed by atoms with van der Waals surface area (Å²) in [6.07, 6.45) is 0.269. The van der Waals surface area contributed by atoms with Crippen molar-refractivity contribution in [2.75, 3.05) is 25.2 Å². The summed E-state index contributed by atoms with van der Waals surface area (Å²) in [6, 6.07) is 0.